The second-order valence-corrected chi connectivity index (χ2v) is 8.36. The molecule has 9 heteroatoms. The van der Waals surface area contributed by atoms with E-state index in [2.05, 4.69) is 10.6 Å². The number of hydrogen-bond donors (Lipinski definition) is 2. The zero-order valence-electron chi connectivity index (χ0n) is 20.5. The second kappa shape index (κ2) is 10.8. The van der Waals surface area contributed by atoms with E-state index in [-0.39, 0.29) is 18.1 Å². The normalized spacial score (nSPS) is 14.4. The van der Waals surface area contributed by atoms with E-state index in [0.29, 0.717) is 34.0 Å². The van der Waals surface area contributed by atoms with Crippen LogP contribution in [0.25, 0.3) is 6.08 Å². The number of imide groups is 2. The number of methoxy groups -OCH3 is 1. The average molecular weight is 500 g/mol. The lowest BCUT2D eigenvalue weighted by atomic mass is 10.1. The number of carbonyl (C=O) groups excluding carboxylic acids is 4. The van der Waals surface area contributed by atoms with Crippen LogP contribution in [-0.2, 0) is 14.4 Å². The van der Waals surface area contributed by atoms with Gasteiger partial charge in [0.1, 0.15) is 5.57 Å². The highest BCUT2D eigenvalue weighted by Gasteiger charge is 2.37. The van der Waals surface area contributed by atoms with Gasteiger partial charge >= 0.3 is 6.03 Å². The molecule has 0 bridgehead atoms. The van der Waals surface area contributed by atoms with Crippen LogP contribution in [0.1, 0.15) is 16.7 Å². The first kappa shape index (κ1) is 25.2. The van der Waals surface area contributed by atoms with E-state index >= 15 is 0 Å². The zero-order valence-corrected chi connectivity index (χ0v) is 20.5. The molecular weight excluding hydrogens is 474 g/mol. The summed E-state index contributed by atoms with van der Waals surface area (Å²) in [6, 6.07) is 18.2. The minimum absolute atomic E-state index is 0.212. The van der Waals surface area contributed by atoms with Crippen molar-refractivity contribution < 1.29 is 28.7 Å². The third-order valence-corrected chi connectivity index (χ3v) is 5.65. The summed E-state index contributed by atoms with van der Waals surface area (Å²) < 4.78 is 11.0. The van der Waals surface area contributed by atoms with Gasteiger partial charge in [0.15, 0.2) is 18.1 Å². The number of hydrogen-bond acceptors (Lipinski definition) is 6. The predicted molar refractivity (Wildman–Crippen MR) is 138 cm³/mol. The van der Waals surface area contributed by atoms with Crippen molar-refractivity contribution in [2.24, 2.45) is 0 Å². The van der Waals surface area contributed by atoms with Gasteiger partial charge in [0.2, 0.25) is 0 Å². The van der Waals surface area contributed by atoms with Gasteiger partial charge in [0, 0.05) is 5.69 Å². The molecule has 37 heavy (non-hydrogen) atoms. The molecule has 0 unspecified atom stereocenters. The monoisotopic (exact) mass is 499 g/mol. The first-order chi connectivity index (χ1) is 17.8. The molecule has 1 heterocycles. The third-order valence-electron chi connectivity index (χ3n) is 5.65. The summed E-state index contributed by atoms with van der Waals surface area (Å²) in [6.45, 7) is 3.47. The molecule has 4 rings (SSSR count). The highest BCUT2D eigenvalue weighted by molar-refractivity contribution is 6.39. The van der Waals surface area contributed by atoms with Gasteiger partial charge in [-0.2, -0.15) is 0 Å². The Bertz CT molecular complexity index is 1410. The van der Waals surface area contributed by atoms with E-state index in [1.165, 1.54) is 13.2 Å². The molecule has 1 aliphatic heterocycles. The van der Waals surface area contributed by atoms with Gasteiger partial charge in [-0.05, 0) is 61.4 Å². The Hall–Kier alpha value is -4.92. The minimum Gasteiger partial charge on any atom is -0.493 e. The lowest BCUT2D eigenvalue weighted by Gasteiger charge is -2.27. The Labute approximate surface area is 213 Å². The summed E-state index contributed by atoms with van der Waals surface area (Å²) in [6.07, 6.45) is 1.37. The van der Waals surface area contributed by atoms with Gasteiger partial charge < -0.3 is 14.8 Å². The average Bonchev–Trinajstić information content (AvgIpc) is 2.88. The number of barbiturate groups is 1. The number of carbonyl (C=O) groups is 4. The molecule has 2 N–H and O–H groups in total. The maximum Gasteiger partial charge on any atom is 0.335 e. The molecule has 5 amide bonds. The molecule has 0 spiro atoms. The topological polar surface area (TPSA) is 114 Å². The fourth-order valence-electron chi connectivity index (χ4n) is 3.73. The van der Waals surface area contributed by atoms with Crippen LogP contribution >= 0.6 is 0 Å². The molecule has 0 aromatic heterocycles. The van der Waals surface area contributed by atoms with Crippen LogP contribution < -0.4 is 25.0 Å². The zero-order chi connectivity index (χ0) is 26.5. The fraction of sp³-hybridized carbons (Fsp3) is 0.143. The fourth-order valence-corrected chi connectivity index (χ4v) is 3.73. The van der Waals surface area contributed by atoms with Crippen molar-refractivity contribution in [1.29, 1.82) is 0 Å². The number of nitrogens with zero attached hydrogens (tertiary/aromatic N) is 1. The summed E-state index contributed by atoms with van der Waals surface area (Å²) in [5.74, 6) is -1.28. The number of rotatable bonds is 7. The molecule has 0 atom stereocenters. The smallest absolute Gasteiger partial charge is 0.335 e. The molecule has 0 saturated carbocycles. The largest absolute Gasteiger partial charge is 0.493 e. The first-order valence-electron chi connectivity index (χ1n) is 11.4. The van der Waals surface area contributed by atoms with Crippen molar-refractivity contribution in [1.82, 2.24) is 5.32 Å². The van der Waals surface area contributed by atoms with E-state index in [0.717, 1.165) is 10.5 Å². The van der Waals surface area contributed by atoms with Crippen LogP contribution in [0, 0.1) is 13.8 Å². The number of amides is 5. The van der Waals surface area contributed by atoms with E-state index in [4.69, 9.17) is 9.47 Å². The van der Waals surface area contributed by atoms with E-state index in [9.17, 15) is 19.2 Å². The van der Waals surface area contributed by atoms with Crippen molar-refractivity contribution in [3.8, 4) is 11.5 Å². The van der Waals surface area contributed by atoms with Gasteiger partial charge in [0.25, 0.3) is 17.7 Å². The lowest BCUT2D eigenvalue weighted by Crippen LogP contribution is -2.54. The standard InChI is InChI=1S/C28H25N3O6/c1-17-8-11-20(12-9-17)29-25(32)16-37-23-13-10-19(15-24(23)36-3)14-21-26(33)30-28(35)31(27(21)34)22-7-5-4-6-18(22)2/h4-15H,16H2,1-3H3,(H,29,32)(H,30,33,35)/b21-14+. The van der Waals surface area contributed by atoms with Crippen LogP contribution in [0.5, 0.6) is 11.5 Å². The number of para-hydroxylation sites is 1. The Kier molecular flexibility index (Phi) is 7.34. The molecule has 3 aromatic carbocycles. The Morgan fingerprint density at radius 2 is 1.70 bits per heavy atom. The minimum atomic E-state index is -0.813. The van der Waals surface area contributed by atoms with Crippen molar-refractivity contribution in [3.63, 3.8) is 0 Å². The molecule has 0 radical (unpaired) electrons. The van der Waals surface area contributed by atoms with Crippen LogP contribution in [0.2, 0.25) is 0 Å². The Morgan fingerprint density at radius 1 is 0.973 bits per heavy atom. The number of benzene rings is 3. The molecule has 0 aliphatic carbocycles. The third kappa shape index (κ3) is 5.67. The highest BCUT2D eigenvalue weighted by atomic mass is 16.5. The van der Waals surface area contributed by atoms with Crippen molar-refractivity contribution in [2.45, 2.75) is 13.8 Å². The summed E-state index contributed by atoms with van der Waals surface area (Å²) in [7, 11) is 1.43. The molecule has 3 aromatic rings. The van der Waals surface area contributed by atoms with Crippen LogP contribution in [0.3, 0.4) is 0 Å². The molecular formula is C28H25N3O6. The summed E-state index contributed by atoms with van der Waals surface area (Å²) in [4.78, 5) is 51.3. The summed E-state index contributed by atoms with van der Waals surface area (Å²) >= 11 is 0. The SMILES string of the molecule is COc1cc(/C=C2\C(=O)NC(=O)N(c3ccccc3C)C2=O)ccc1OCC(=O)Nc1ccc(C)cc1. The van der Waals surface area contributed by atoms with Crippen molar-refractivity contribution in [2.75, 3.05) is 23.9 Å². The Morgan fingerprint density at radius 3 is 2.41 bits per heavy atom. The maximum atomic E-state index is 13.1. The van der Waals surface area contributed by atoms with Gasteiger partial charge in [-0.15, -0.1) is 0 Å². The molecule has 1 fully saturated rings. The molecule has 1 aliphatic rings. The highest BCUT2D eigenvalue weighted by Crippen LogP contribution is 2.30. The number of nitrogens with one attached hydrogen (secondary N) is 2. The summed E-state index contributed by atoms with van der Waals surface area (Å²) in [5, 5.41) is 4.96. The lowest BCUT2D eigenvalue weighted by molar-refractivity contribution is -0.122. The van der Waals surface area contributed by atoms with Crippen molar-refractivity contribution >= 4 is 41.2 Å². The number of urea groups is 1. The maximum absolute atomic E-state index is 13.1. The van der Waals surface area contributed by atoms with Gasteiger partial charge in [-0.25, -0.2) is 9.69 Å². The van der Waals surface area contributed by atoms with E-state index in [1.54, 1.807) is 61.5 Å². The molecule has 9 nitrogen and oxygen atoms in total. The van der Waals surface area contributed by atoms with Gasteiger partial charge in [-0.1, -0.05) is 42.0 Å². The van der Waals surface area contributed by atoms with Crippen LogP contribution in [0.4, 0.5) is 16.2 Å². The van der Waals surface area contributed by atoms with E-state index < -0.39 is 17.8 Å². The quantitative estimate of drug-likeness (QED) is 0.375. The van der Waals surface area contributed by atoms with Gasteiger partial charge in [-0.3, -0.25) is 19.7 Å². The second-order valence-electron chi connectivity index (χ2n) is 8.36. The van der Waals surface area contributed by atoms with Crippen molar-refractivity contribution in [3.05, 3.63) is 89.0 Å². The number of aryl methyl sites for hydroxylation is 2. The number of anilines is 2. The number of ether oxygens (including phenoxy) is 2. The van der Waals surface area contributed by atoms with E-state index in [1.807, 2.05) is 19.1 Å². The van der Waals surface area contributed by atoms with Gasteiger partial charge in [0.05, 0.1) is 12.8 Å². The summed E-state index contributed by atoms with van der Waals surface area (Å²) in [5.41, 5.74) is 3.07. The van der Waals surface area contributed by atoms with Crippen LogP contribution in [-0.4, -0.2) is 37.5 Å². The molecule has 188 valence electrons. The first-order valence-corrected chi connectivity index (χ1v) is 11.4. The Balaban J connectivity index is 1.51. The molecule has 1 saturated heterocycles. The predicted octanol–water partition coefficient (Wildman–Crippen LogP) is 4.00. The van der Waals surface area contributed by atoms with Crippen LogP contribution in [0.15, 0.2) is 72.3 Å².